The molecule has 7 aromatic rings. The fraction of sp³-hybridized carbons (Fsp3) is 0. The average Bonchev–Trinajstić information content (AvgIpc) is 2.86. The van der Waals surface area contributed by atoms with Gasteiger partial charge in [0, 0.05) is 44.5 Å². The first-order valence-electron chi connectivity index (χ1n) is 7.00. The van der Waals surface area contributed by atoms with Crippen molar-refractivity contribution < 1.29 is 8.83 Å². The van der Waals surface area contributed by atoms with Crippen LogP contribution in [0.1, 0.15) is 0 Å². The van der Waals surface area contributed by atoms with Crippen molar-refractivity contribution in [2.24, 2.45) is 0 Å². The van der Waals surface area contributed by atoms with Crippen LogP contribution in [0.25, 0.3) is 54.6 Å². The van der Waals surface area contributed by atoms with Crippen molar-refractivity contribution in [1.29, 1.82) is 0 Å². The van der Waals surface area contributed by atoms with Gasteiger partial charge in [0.1, 0.15) is 22.3 Å². The maximum absolute atomic E-state index is 12.6. The lowest BCUT2D eigenvalue weighted by atomic mass is 10.0. The predicted octanol–water partition coefficient (Wildman–Crippen LogP) is 4.47. The van der Waals surface area contributed by atoms with E-state index in [1.165, 1.54) is 0 Å². The molecule has 0 unspecified atom stereocenters. The monoisotopic (exact) mass is 282 g/mol. The molecule has 0 amide bonds. The lowest BCUT2D eigenvalue weighted by molar-refractivity contribution is 0.648. The maximum atomic E-state index is 12.6. The van der Waals surface area contributed by atoms with Crippen LogP contribution in [-0.2, 0) is 0 Å². The van der Waals surface area contributed by atoms with Crippen LogP contribution in [0.4, 0.5) is 0 Å². The van der Waals surface area contributed by atoms with E-state index in [0.717, 1.165) is 27.1 Å². The molecule has 0 aliphatic carbocycles. The highest BCUT2D eigenvalue weighted by atomic mass is 16.3. The molecule has 0 saturated heterocycles. The number of hydrogen-bond acceptors (Lipinski definition) is 3. The van der Waals surface area contributed by atoms with Crippen molar-refractivity contribution >= 4 is 54.6 Å². The summed E-state index contributed by atoms with van der Waals surface area (Å²) >= 11 is 0. The van der Waals surface area contributed by atoms with Crippen molar-refractivity contribution in [3.05, 3.63) is 58.8 Å². The molecule has 0 atom stereocenters. The Kier molecular flexibility index (Phi) is 1.56. The van der Waals surface area contributed by atoms with Crippen LogP contribution in [0.2, 0.25) is 0 Å². The van der Waals surface area contributed by atoms with Gasteiger partial charge in [-0.3, -0.25) is 4.79 Å². The highest BCUT2D eigenvalue weighted by Crippen LogP contribution is 2.39. The average molecular weight is 282 g/mol. The van der Waals surface area contributed by atoms with E-state index in [9.17, 15) is 4.79 Å². The molecule has 0 aliphatic heterocycles. The Labute approximate surface area is 123 Å². The third-order valence-electron chi connectivity index (χ3n) is 4.38. The van der Waals surface area contributed by atoms with Gasteiger partial charge in [-0.25, -0.2) is 0 Å². The lowest BCUT2D eigenvalue weighted by Crippen LogP contribution is -1.92. The molecule has 0 N–H and O–H groups in total. The molecule has 5 aromatic carbocycles. The highest BCUT2D eigenvalue weighted by molar-refractivity contribution is 6.29. The Morgan fingerprint density at radius 1 is 0.727 bits per heavy atom. The highest BCUT2D eigenvalue weighted by Gasteiger charge is 2.21. The first-order chi connectivity index (χ1) is 10.8. The van der Waals surface area contributed by atoms with E-state index in [0.29, 0.717) is 27.5 Å². The van der Waals surface area contributed by atoms with Gasteiger partial charge >= 0.3 is 0 Å². The molecule has 2 radical (unpaired) electrons. The second-order valence-electron chi connectivity index (χ2n) is 5.57. The van der Waals surface area contributed by atoms with Crippen molar-refractivity contribution in [3.63, 3.8) is 0 Å². The fourth-order valence-electron chi connectivity index (χ4n) is 3.38. The van der Waals surface area contributed by atoms with E-state index < -0.39 is 0 Å². The van der Waals surface area contributed by atoms with Crippen LogP contribution in [0.15, 0.2) is 50.0 Å². The predicted molar refractivity (Wildman–Crippen MR) is 84.8 cm³/mol. The largest absolute Gasteiger partial charge is 0.456 e. The van der Waals surface area contributed by atoms with Gasteiger partial charge in [0.25, 0.3) is 0 Å². The number of hydrogen-bond donors (Lipinski definition) is 0. The van der Waals surface area contributed by atoms with Gasteiger partial charge in [-0.2, -0.15) is 0 Å². The Morgan fingerprint density at radius 3 is 2.27 bits per heavy atom. The van der Waals surface area contributed by atoms with Gasteiger partial charge < -0.3 is 8.83 Å². The summed E-state index contributed by atoms with van der Waals surface area (Å²) in [5.74, 6) is 0. The zero-order valence-electron chi connectivity index (χ0n) is 11.2. The standard InChI is InChI=1S/C19H6O3/c20-18-12-6-5-11-13-7-14-15(18)8-16(13)21-9-1-3-10(4-2-9)22-19(11)17(12)14/h1-6H. The second-order valence-corrected chi connectivity index (χ2v) is 5.57. The van der Waals surface area contributed by atoms with Gasteiger partial charge in [-0.05, 0) is 36.4 Å². The first kappa shape index (κ1) is 10.6. The summed E-state index contributed by atoms with van der Waals surface area (Å²) in [6, 6.07) is 17.6. The van der Waals surface area contributed by atoms with Gasteiger partial charge in [-0.1, -0.05) is 0 Å². The summed E-state index contributed by atoms with van der Waals surface area (Å²) in [5, 5.41) is 4.47. The molecular formula is C19H6O3. The molecule has 0 aliphatic rings. The molecular weight excluding hydrogens is 276 g/mol. The maximum Gasteiger partial charge on any atom is 0.195 e. The number of fused-ring (bicyclic) bond motifs is 2. The van der Waals surface area contributed by atoms with Crippen molar-refractivity contribution in [1.82, 2.24) is 0 Å². The minimum absolute atomic E-state index is 0.0431. The summed E-state index contributed by atoms with van der Waals surface area (Å²) in [6.45, 7) is 0. The molecule has 0 fully saturated rings. The molecule has 7 bridgehead atoms. The van der Waals surface area contributed by atoms with Crippen LogP contribution >= 0.6 is 0 Å². The van der Waals surface area contributed by atoms with E-state index in [-0.39, 0.29) is 5.43 Å². The van der Waals surface area contributed by atoms with Gasteiger partial charge in [0.05, 0.1) is 0 Å². The van der Waals surface area contributed by atoms with E-state index in [1.807, 2.05) is 36.4 Å². The first-order valence-corrected chi connectivity index (χ1v) is 7.00. The molecule has 3 heteroatoms. The molecule has 100 valence electrons. The summed E-state index contributed by atoms with van der Waals surface area (Å²) < 4.78 is 12.0. The lowest BCUT2D eigenvalue weighted by Gasteiger charge is -2.07. The van der Waals surface area contributed by atoms with Crippen molar-refractivity contribution in [3.8, 4) is 0 Å². The van der Waals surface area contributed by atoms with E-state index >= 15 is 0 Å². The van der Waals surface area contributed by atoms with Crippen LogP contribution in [0.5, 0.6) is 0 Å². The Morgan fingerprint density at radius 2 is 1.45 bits per heavy atom. The van der Waals surface area contributed by atoms with Crippen LogP contribution < -0.4 is 5.43 Å². The summed E-state index contributed by atoms with van der Waals surface area (Å²) in [5.41, 5.74) is 2.59. The van der Waals surface area contributed by atoms with E-state index in [4.69, 9.17) is 8.83 Å². The molecule has 0 saturated carbocycles. The Hall–Kier alpha value is -3.07. The fourth-order valence-corrected chi connectivity index (χ4v) is 3.38. The second kappa shape index (κ2) is 3.22. The molecule has 3 nitrogen and oxygen atoms in total. The van der Waals surface area contributed by atoms with Gasteiger partial charge in [-0.15, -0.1) is 0 Å². The smallest absolute Gasteiger partial charge is 0.195 e. The topological polar surface area (TPSA) is 43.4 Å². The summed E-state index contributed by atoms with van der Waals surface area (Å²) in [7, 11) is 0. The summed E-state index contributed by atoms with van der Waals surface area (Å²) in [4.78, 5) is 12.6. The zero-order valence-corrected chi connectivity index (χ0v) is 11.2. The zero-order chi connectivity index (χ0) is 14.4. The quantitative estimate of drug-likeness (QED) is 0.412. The Bertz CT molecular complexity index is 1360. The third kappa shape index (κ3) is 1.05. The van der Waals surface area contributed by atoms with Crippen LogP contribution in [0, 0.1) is 12.1 Å². The van der Waals surface area contributed by atoms with E-state index in [1.54, 1.807) is 0 Å². The van der Waals surface area contributed by atoms with E-state index in [2.05, 4.69) is 12.1 Å². The molecule has 2 aromatic heterocycles. The minimum Gasteiger partial charge on any atom is -0.456 e. The number of benzene rings is 4. The van der Waals surface area contributed by atoms with Gasteiger partial charge in [0.2, 0.25) is 0 Å². The normalized spacial score (nSPS) is 12.7. The number of rotatable bonds is 0. The molecule has 2 heterocycles. The SMILES string of the molecule is O=c1c2[c]c3oc4ccc(cc4)oc4c5ccc1c4c2[c]c35. The third-order valence-corrected chi connectivity index (χ3v) is 4.38. The van der Waals surface area contributed by atoms with Crippen LogP contribution in [0.3, 0.4) is 0 Å². The van der Waals surface area contributed by atoms with Crippen molar-refractivity contribution in [2.45, 2.75) is 0 Å². The van der Waals surface area contributed by atoms with Crippen molar-refractivity contribution in [2.75, 3.05) is 0 Å². The Balaban J connectivity index is 2.22. The molecule has 7 rings (SSSR count). The molecule has 0 spiro atoms. The molecule has 22 heavy (non-hydrogen) atoms. The summed E-state index contributed by atoms with van der Waals surface area (Å²) in [6.07, 6.45) is 0. The van der Waals surface area contributed by atoms with Gasteiger partial charge in [0.15, 0.2) is 5.43 Å². The van der Waals surface area contributed by atoms with Crippen LogP contribution in [-0.4, -0.2) is 0 Å². The minimum atomic E-state index is -0.0431.